The number of hydrogen-bond donors (Lipinski definition) is 0. The lowest BCUT2D eigenvalue weighted by Gasteiger charge is -2.09. The van der Waals surface area contributed by atoms with Gasteiger partial charge in [0.25, 0.3) is 0 Å². The van der Waals surface area contributed by atoms with Crippen LogP contribution in [0.25, 0.3) is 0 Å². The summed E-state index contributed by atoms with van der Waals surface area (Å²) in [6.45, 7) is 4.59. The third-order valence-electron chi connectivity index (χ3n) is 1.61. The van der Waals surface area contributed by atoms with Gasteiger partial charge in [-0.15, -0.1) is 0 Å². The minimum absolute atomic E-state index is 0.594. The van der Waals surface area contributed by atoms with Crippen LogP contribution in [0.5, 0.6) is 0 Å². The summed E-state index contributed by atoms with van der Waals surface area (Å²) in [5.74, 6) is 0.890. The van der Waals surface area contributed by atoms with Crippen molar-refractivity contribution in [3.8, 4) is 0 Å². The average molecular weight is 177 g/mol. The molecule has 2 heteroatoms. The second kappa shape index (κ2) is 5.36. The molecule has 70 valence electrons. The summed E-state index contributed by atoms with van der Waals surface area (Å²) in [5.41, 5.74) is 0.935. The van der Waals surface area contributed by atoms with Gasteiger partial charge in [0.1, 0.15) is 18.1 Å². The zero-order valence-corrected chi connectivity index (χ0v) is 8.16. The minimum atomic E-state index is 0.594. The van der Waals surface area contributed by atoms with Gasteiger partial charge in [-0.2, -0.15) is 0 Å². The largest absolute Gasteiger partial charge is 0.486 e. The third kappa shape index (κ3) is 2.58. The second-order valence-corrected chi connectivity index (χ2v) is 2.41. The Labute approximate surface area is 79.3 Å². The van der Waals surface area contributed by atoms with Crippen molar-refractivity contribution in [2.45, 2.75) is 20.3 Å². The first-order chi connectivity index (χ1) is 6.47. The first-order valence-corrected chi connectivity index (χ1v) is 4.69. The van der Waals surface area contributed by atoms with Crippen LogP contribution in [0.2, 0.25) is 0 Å². The van der Waals surface area contributed by atoms with E-state index < -0.39 is 0 Å². The Morgan fingerprint density at radius 2 is 2.00 bits per heavy atom. The van der Waals surface area contributed by atoms with E-state index in [0.717, 1.165) is 17.9 Å². The topological polar surface area (TPSA) is 21.6 Å². The molecule has 0 atom stereocenters. The predicted molar refractivity (Wildman–Crippen MR) is 55.7 cm³/mol. The Kier molecular flexibility index (Phi) is 4.03. The van der Waals surface area contributed by atoms with Crippen LogP contribution in [0.3, 0.4) is 0 Å². The van der Waals surface area contributed by atoms with Gasteiger partial charge in [0.15, 0.2) is 0 Å². The molecule has 0 amide bonds. The number of ether oxygens (including phenoxy) is 1. The van der Waals surface area contributed by atoms with Gasteiger partial charge in [0, 0.05) is 6.21 Å². The summed E-state index contributed by atoms with van der Waals surface area (Å²) in [6.07, 6.45) is 10.9. The number of aliphatic imine (C=N–C) groups is 1. The maximum atomic E-state index is 5.35. The molecule has 2 nitrogen and oxygen atoms in total. The molecular weight excluding hydrogens is 162 g/mol. The van der Waals surface area contributed by atoms with Crippen LogP contribution >= 0.6 is 0 Å². The number of allylic oxidation sites excluding steroid dienone is 4. The normalized spacial score (nSPS) is 18.3. The van der Waals surface area contributed by atoms with Gasteiger partial charge < -0.3 is 4.74 Å². The van der Waals surface area contributed by atoms with Gasteiger partial charge in [-0.05, 0) is 18.6 Å². The fourth-order valence-corrected chi connectivity index (χ4v) is 1.09. The van der Waals surface area contributed by atoms with Crippen LogP contribution in [0, 0.1) is 0 Å². The zero-order valence-electron chi connectivity index (χ0n) is 8.16. The zero-order chi connectivity index (χ0) is 9.52. The van der Waals surface area contributed by atoms with Crippen LogP contribution < -0.4 is 0 Å². The van der Waals surface area contributed by atoms with Gasteiger partial charge in [0.05, 0.1) is 0 Å². The van der Waals surface area contributed by atoms with Gasteiger partial charge >= 0.3 is 0 Å². The molecule has 0 aromatic heterocycles. The number of rotatable bonds is 0. The van der Waals surface area contributed by atoms with Crippen LogP contribution in [-0.4, -0.2) is 12.8 Å². The third-order valence-corrected chi connectivity index (χ3v) is 1.61. The summed E-state index contributed by atoms with van der Waals surface area (Å²) in [4.78, 5) is 4.20. The fourth-order valence-electron chi connectivity index (χ4n) is 1.09. The lowest BCUT2D eigenvalue weighted by atomic mass is 10.3. The molecule has 0 spiro atoms. The van der Waals surface area contributed by atoms with E-state index in [-0.39, 0.29) is 0 Å². The van der Waals surface area contributed by atoms with Gasteiger partial charge in [-0.25, -0.2) is 0 Å². The highest BCUT2D eigenvalue weighted by Crippen LogP contribution is 2.17. The quantitative estimate of drug-likeness (QED) is 0.557. The van der Waals surface area contributed by atoms with E-state index in [1.165, 1.54) is 0 Å². The molecule has 0 bridgehead atoms. The first kappa shape index (κ1) is 9.78. The summed E-state index contributed by atoms with van der Waals surface area (Å²) < 4.78 is 5.35. The molecule has 0 aromatic carbocycles. The van der Waals surface area contributed by atoms with Crippen molar-refractivity contribution in [2.24, 2.45) is 4.99 Å². The summed E-state index contributed by atoms with van der Waals surface area (Å²) in [5, 5.41) is 0. The average Bonchev–Trinajstić information content (AvgIpc) is 2.45. The van der Waals surface area contributed by atoms with E-state index >= 15 is 0 Å². The van der Waals surface area contributed by atoms with Crippen molar-refractivity contribution in [3.63, 3.8) is 0 Å². The molecular formula is C11H15NO. The Balaban J connectivity index is 0.000000396. The Morgan fingerprint density at radius 3 is 2.85 bits per heavy atom. The van der Waals surface area contributed by atoms with E-state index in [4.69, 9.17) is 4.74 Å². The minimum Gasteiger partial charge on any atom is -0.486 e. The van der Waals surface area contributed by atoms with Crippen molar-refractivity contribution >= 4 is 6.21 Å². The Bertz CT molecular complexity index is 272. The molecule has 2 aliphatic rings. The SMILES string of the molecule is C1=CC2=C(C=CC1)OCC=N2.CC. The lowest BCUT2D eigenvalue weighted by molar-refractivity contribution is 0.268. The van der Waals surface area contributed by atoms with Crippen molar-refractivity contribution in [1.29, 1.82) is 0 Å². The molecule has 13 heavy (non-hydrogen) atoms. The van der Waals surface area contributed by atoms with Crippen LogP contribution in [0.1, 0.15) is 20.3 Å². The molecule has 0 radical (unpaired) electrons. The van der Waals surface area contributed by atoms with E-state index in [1.54, 1.807) is 6.21 Å². The highest BCUT2D eigenvalue weighted by atomic mass is 16.5. The fraction of sp³-hybridized carbons (Fsp3) is 0.364. The summed E-state index contributed by atoms with van der Waals surface area (Å²) in [6, 6.07) is 0. The maximum absolute atomic E-state index is 5.35. The summed E-state index contributed by atoms with van der Waals surface area (Å²) in [7, 11) is 0. The van der Waals surface area contributed by atoms with Crippen molar-refractivity contribution in [1.82, 2.24) is 0 Å². The van der Waals surface area contributed by atoms with Gasteiger partial charge in [-0.1, -0.05) is 26.0 Å². The molecule has 0 fully saturated rings. The van der Waals surface area contributed by atoms with Gasteiger partial charge in [0.2, 0.25) is 0 Å². The lowest BCUT2D eigenvalue weighted by Crippen LogP contribution is -2.01. The van der Waals surface area contributed by atoms with E-state index in [9.17, 15) is 0 Å². The molecule has 0 aromatic rings. The first-order valence-electron chi connectivity index (χ1n) is 4.69. The molecule has 0 saturated carbocycles. The standard InChI is InChI=1S/C9H9NO.C2H6/c1-2-4-8-9(5-3-1)11-7-6-10-8;1-2/h2-6H,1,7H2;1-2H3. The van der Waals surface area contributed by atoms with E-state index in [2.05, 4.69) is 17.1 Å². The Hall–Kier alpha value is -1.31. The maximum Gasteiger partial charge on any atom is 0.145 e. The number of nitrogens with zero attached hydrogens (tertiary/aromatic N) is 1. The van der Waals surface area contributed by atoms with Gasteiger partial charge in [-0.3, -0.25) is 4.99 Å². The van der Waals surface area contributed by atoms with E-state index in [0.29, 0.717) is 6.61 Å². The summed E-state index contributed by atoms with van der Waals surface area (Å²) >= 11 is 0. The monoisotopic (exact) mass is 177 g/mol. The molecule has 2 rings (SSSR count). The molecule has 1 aliphatic heterocycles. The smallest absolute Gasteiger partial charge is 0.145 e. The van der Waals surface area contributed by atoms with Crippen LogP contribution in [0.4, 0.5) is 0 Å². The molecule has 0 N–H and O–H groups in total. The van der Waals surface area contributed by atoms with Crippen molar-refractivity contribution in [3.05, 3.63) is 35.8 Å². The van der Waals surface area contributed by atoms with Crippen LogP contribution in [-0.2, 0) is 4.74 Å². The molecule has 0 saturated heterocycles. The second-order valence-electron chi connectivity index (χ2n) is 2.41. The highest BCUT2D eigenvalue weighted by molar-refractivity contribution is 5.63. The molecule has 1 aliphatic carbocycles. The molecule has 0 unspecified atom stereocenters. The predicted octanol–water partition coefficient (Wildman–Crippen LogP) is 2.84. The van der Waals surface area contributed by atoms with Crippen molar-refractivity contribution < 1.29 is 4.74 Å². The number of hydrogen-bond acceptors (Lipinski definition) is 2. The Morgan fingerprint density at radius 1 is 1.23 bits per heavy atom. The van der Waals surface area contributed by atoms with E-state index in [1.807, 2.05) is 26.0 Å². The highest BCUT2D eigenvalue weighted by Gasteiger charge is 2.05. The van der Waals surface area contributed by atoms with Crippen LogP contribution in [0.15, 0.2) is 40.8 Å². The van der Waals surface area contributed by atoms with Crippen molar-refractivity contribution in [2.75, 3.05) is 6.61 Å². The molecule has 1 heterocycles.